The molecule has 2 fully saturated rings. The lowest BCUT2D eigenvalue weighted by molar-refractivity contribution is -0.0532. The van der Waals surface area contributed by atoms with Gasteiger partial charge in [-0.2, -0.15) is 4.31 Å². The van der Waals surface area contributed by atoms with Crippen LogP contribution in [-0.4, -0.2) is 44.2 Å². The lowest BCUT2D eigenvalue weighted by Crippen LogP contribution is -2.39. The summed E-state index contributed by atoms with van der Waals surface area (Å²) >= 11 is 0. The van der Waals surface area contributed by atoms with E-state index in [0.29, 0.717) is 31.6 Å². The zero-order valence-electron chi connectivity index (χ0n) is 16.5. The van der Waals surface area contributed by atoms with Gasteiger partial charge in [-0.05, 0) is 36.1 Å². The van der Waals surface area contributed by atoms with Crippen molar-refractivity contribution < 1.29 is 27.0 Å². The van der Waals surface area contributed by atoms with E-state index in [1.54, 1.807) is 24.3 Å². The number of benzene rings is 2. The molecule has 2 aromatic rings. The van der Waals surface area contributed by atoms with Crippen LogP contribution in [0.5, 0.6) is 0 Å². The Bertz CT molecular complexity index is 996. The molecule has 2 aliphatic rings. The number of halogens is 2. The summed E-state index contributed by atoms with van der Waals surface area (Å²) in [6.07, 6.45) is 1.15. The van der Waals surface area contributed by atoms with Crippen molar-refractivity contribution in [1.82, 2.24) is 4.31 Å². The van der Waals surface area contributed by atoms with Gasteiger partial charge in [-0.3, -0.25) is 0 Å². The minimum Gasteiger partial charge on any atom is -0.396 e. The van der Waals surface area contributed by atoms with Gasteiger partial charge in [0.15, 0.2) is 0 Å². The van der Waals surface area contributed by atoms with Crippen LogP contribution in [0.4, 0.5) is 8.78 Å². The standard InChI is InChI=1S/C22H25F2NO4S/c23-20-10-18(19(12-26)17-13-29-14-17)21(24)9-16(20)11-25-8-4-7-22(30(25,27)28)15-5-2-1-3-6-15/h1-3,5-6,9-10,17,19,22,26H,4,7-8,11-14H2/t19?,22-/m1/s1. The predicted octanol–water partition coefficient (Wildman–Crippen LogP) is 3.35. The maximum atomic E-state index is 14.8. The van der Waals surface area contributed by atoms with Crippen LogP contribution in [0, 0.1) is 17.6 Å². The van der Waals surface area contributed by atoms with Gasteiger partial charge in [-0.25, -0.2) is 17.2 Å². The summed E-state index contributed by atoms with van der Waals surface area (Å²) in [4.78, 5) is 0. The number of hydrogen-bond acceptors (Lipinski definition) is 4. The summed E-state index contributed by atoms with van der Waals surface area (Å²) in [5.41, 5.74) is 0.809. The molecule has 5 nitrogen and oxygen atoms in total. The second kappa shape index (κ2) is 8.70. The maximum absolute atomic E-state index is 14.8. The molecule has 0 aromatic heterocycles. The first-order valence-electron chi connectivity index (χ1n) is 10.1. The Morgan fingerprint density at radius 2 is 1.87 bits per heavy atom. The summed E-state index contributed by atoms with van der Waals surface area (Å²) in [6, 6.07) is 11.1. The summed E-state index contributed by atoms with van der Waals surface area (Å²) in [7, 11) is -3.70. The third-order valence-corrected chi connectivity index (χ3v) is 8.36. The average Bonchev–Trinajstić information content (AvgIpc) is 2.69. The second-order valence-electron chi connectivity index (χ2n) is 7.97. The van der Waals surface area contributed by atoms with Gasteiger partial charge >= 0.3 is 0 Å². The van der Waals surface area contributed by atoms with Crippen molar-refractivity contribution in [2.75, 3.05) is 26.4 Å². The van der Waals surface area contributed by atoms with Crippen LogP contribution in [0.3, 0.4) is 0 Å². The monoisotopic (exact) mass is 437 g/mol. The van der Waals surface area contributed by atoms with E-state index < -0.39 is 32.8 Å². The molecule has 0 aliphatic carbocycles. The Morgan fingerprint density at radius 3 is 2.50 bits per heavy atom. The van der Waals surface area contributed by atoms with Gasteiger partial charge in [-0.15, -0.1) is 0 Å². The molecule has 0 spiro atoms. The molecule has 2 atom stereocenters. The Kier molecular flexibility index (Phi) is 6.20. The van der Waals surface area contributed by atoms with Crippen LogP contribution in [0.15, 0.2) is 42.5 Å². The number of aliphatic hydroxyl groups excluding tert-OH is 1. The molecule has 2 saturated heterocycles. The van der Waals surface area contributed by atoms with Crippen LogP contribution >= 0.6 is 0 Å². The number of aliphatic hydroxyl groups is 1. The highest BCUT2D eigenvalue weighted by molar-refractivity contribution is 7.89. The lowest BCUT2D eigenvalue weighted by Gasteiger charge is -2.34. The van der Waals surface area contributed by atoms with Gasteiger partial charge in [-0.1, -0.05) is 30.3 Å². The first-order valence-corrected chi connectivity index (χ1v) is 11.6. The molecule has 8 heteroatoms. The average molecular weight is 438 g/mol. The summed E-state index contributed by atoms with van der Waals surface area (Å²) in [6.45, 7) is 0.559. The van der Waals surface area contributed by atoms with Gasteiger partial charge in [0, 0.05) is 30.5 Å². The number of rotatable bonds is 6. The van der Waals surface area contributed by atoms with Crippen molar-refractivity contribution in [3.63, 3.8) is 0 Å². The van der Waals surface area contributed by atoms with Crippen LogP contribution in [0.1, 0.15) is 40.7 Å². The van der Waals surface area contributed by atoms with Crippen molar-refractivity contribution in [2.45, 2.75) is 30.6 Å². The first kappa shape index (κ1) is 21.4. The van der Waals surface area contributed by atoms with Gasteiger partial charge in [0.2, 0.25) is 10.0 Å². The topological polar surface area (TPSA) is 66.8 Å². The molecule has 2 heterocycles. The van der Waals surface area contributed by atoms with Gasteiger partial charge in [0.25, 0.3) is 0 Å². The van der Waals surface area contributed by atoms with E-state index >= 15 is 0 Å². The second-order valence-corrected chi connectivity index (χ2v) is 10.1. The van der Waals surface area contributed by atoms with E-state index in [0.717, 1.165) is 12.1 Å². The summed E-state index contributed by atoms with van der Waals surface area (Å²) in [5.74, 6) is -1.89. The van der Waals surface area contributed by atoms with E-state index in [2.05, 4.69) is 0 Å². The molecular weight excluding hydrogens is 412 g/mol. The molecule has 1 N–H and O–H groups in total. The largest absolute Gasteiger partial charge is 0.396 e. The summed E-state index contributed by atoms with van der Waals surface area (Å²) < 4.78 is 62.2. The molecule has 4 rings (SSSR count). The van der Waals surface area contributed by atoms with E-state index in [4.69, 9.17) is 4.74 Å². The van der Waals surface area contributed by atoms with Crippen LogP contribution in [0.25, 0.3) is 0 Å². The highest BCUT2D eigenvalue weighted by Gasteiger charge is 2.37. The minimum absolute atomic E-state index is 0.00455. The number of hydrogen-bond donors (Lipinski definition) is 1. The highest BCUT2D eigenvalue weighted by Crippen LogP contribution is 2.36. The number of ether oxygens (including phenoxy) is 1. The molecule has 162 valence electrons. The van der Waals surface area contributed by atoms with E-state index in [1.165, 1.54) is 4.31 Å². The first-order chi connectivity index (χ1) is 14.4. The zero-order chi connectivity index (χ0) is 21.3. The highest BCUT2D eigenvalue weighted by atomic mass is 32.2. The van der Waals surface area contributed by atoms with Crippen LogP contribution in [0.2, 0.25) is 0 Å². The normalized spacial score (nSPS) is 23.1. The molecular formula is C22H25F2NO4S. The quantitative estimate of drug-likeness (QED) is 0.753. The van der Waals surface area contributed by atoms with E-state index in [1.807, 2.05) is 6.07 Å². The van der Waals surface area contributed by atoms with Crippen molar-refractivity contribution >= 4 is 10.0 Å². The van der Waals surface area contributed by atoms with Gasteiger partial charge in [0.1, 0.15) is 16.9 Å². The summed E-state index contributed by atoms with van der Waals surface area (Å²) in [5, 5.41) is 8.95. The zero-order valence-corrected chi connectivity index (χ0v) is 17.3. The van der Waals surface area contributed by atoms with E-state index in [-0.39, 0.29) is 36.7 Å². The van der Waals surface area contributed by atoms with Crippen LogP contribution in [-0.2, 0) is 21.3 Å². The fourth-order valence-electron chi connectivity index (χ4n) is 4.27. The third kappa shape index (κ3) is 4.01. The van der Waals surface area contributed by atoms with Crippen molar-refractivity contribution in [1.29, 1.82) is 0 Å². The fraction of sp³-hybridized carbons (Fsp3) is 0.455. The molecule has 1 unspecified atom stereocenters. The number of sulfonamides is 1. The van der Waals surface area contributed by atoms with Gasteiger partial charge < -0.3 is 9.84 Å². The fourth-order valence-corrected chi connectivity index (χ4v) is 6.30. The maximum Gasteiger partial charge on any atom is 0.221 e. The molecule has 0 radical (unpaired) electrons. The third-order valence-electron chi connectivity index (χ3n) is 6.11. The van der Waals surface area contributed by atoms with Crippen molar-refractivity contribution in [3.8, 4) is 0 Å². The smallest absolute Gasteiger partial charge is 0.221 e. The lowest BCUT2D eigenvalue weighted by atomic mass is 9.84. The molecule has 2 aliphatic heterocycles. The Hall–Kier alpha value is -1.87. The molecule has 0 bridgehead atoms. The predicted molar refractivity (Wildman–Crippen MR) is 108 cm³/mol. The molecule has 0 amide bonds. The van der Waals surface area contributed by atoms with Gasteiger partial charge in [0.05, 0.1) is 19.8 Å². The molecule has 30 heavy (non-hydrogen) atoms. The van der Waals surface area contributed by atoms with Crippen molar-refractivity contribution in [2.24, 2.45) is 5.92 Å². The van der Waals surface area contributed by atoms with Crippen LogP contribution < -0.4 is 0 Å². The van der Waals surface area contributed by atoms with Crippen molar-refractivity contribution in [3.05, 3.63) is 70.8 Å². The number of nitrogens with zero attached hydrogens (tertiary/aromatic N) is 1. The molecule has 0 saturated carbocycles. The SMILES string of the molecule is O=S1(=O)[C@@H](c2ccccc2)CCCN1Cc1cc(F)c(C(CO)C2COC2)cc1F. The Morgan fingerprint density at radius 1 is 1.13 bits per heavy atom. The van der Waals surface area contributed by atoms with E-state index in [9.17, 15) is 22.3 Å². The molecule has 2 aromatic carbocycles. The Labute approximate surface area is 175 Å². The minimum atomic E-state index is -3.70. The Balaban J connectivity index is 1.58.